The minimum absolute atomic E-state index is 0.303. The summed E-state index contributed by atoms with van der Waals surface area (Å²) in [5, 5.41) is 4.41. The highest BCUT2D eigenvalue weighted by Crippen LogP contribution is 2.25. The number of hydrogen-bond acceptors (Lipinski definition) is 1. The fourth-order valence-corrected chi connectivity index (χ4v) is 2.96. The number of likely N-dealkylation sites (N-methyl/N-ethyl adjacent to an activating group) is 1. The third-order valence-electron chi connectivity index (χ3n) is 3.36. The molecule has 0 spiro atoms. The lowest BCUT2D eigenvalue weighted by molar-refractivity contribution is 0.550. The molecule has 1 N–H and O–H groups in total. The molecule has 0 saturated carbocycles. The fraction of sp³-hybridized carbons (Fsp3) is 0.294. The zero-order chi connectivity index (χ0) is 14.5. The van der Waals surface area contributed by atoms with E-state index in [2.05, 4.69) is 78.2 Å². The molecular weight excluding hydrogens is 381 g/mol. The molecule has 1 unspecified atom stereocenters. The average Bonchev–Trinajstić information content (AvgIpc) is 2.42. The smallest absolute Gasteiger partial charge is 0.0441 e. The third kappa shape index (κ3) is 4.21. The van der Waals surface area contributed by atoms with E-state index in [1.807, 2.05) is 6.07 Å². The van der Waals surface area contributed by atoms with E-state index < -0.39 is 0 Å². The van der Waals surface area contributed by atoms with Crippen molar-refractivity contribution in [1.82, 2.24) is 5.32 Å². The van der Waals surface area contributed by atoms with Gasteiger partial charge >= 0.3 is 0 Å². The Morgan fingerprint density at radius 1 is 1.15 bits per heavy atom. The van der Waals surface area contributed by atoms with Gasteiger partial charge < -0.3 is 5.32 Å². The van der Waals surface area contributed by atoms with Crippen LogP contribution in [0.1, 0.15) is 29.7 Å². The number of hydrogen-bond donors (Lipinski definition) is 1. The van der Waals surface area contributed by atoms with Crippen molar-refractivity contribution in [3.05, 3.63) is 67.7 Å². The van der Waals surface area contributed by atoms with Gasteiger partial charge in [-0.25, -0.2) is 0 Å². The molecule has 20 heavy (non-hydrogen) atoms. The summed E-state index contributed by atoms with van der Waals surface area (Å²) in [6.07, 6.45) is 0.910. The monoisotopic (exact) mass is 399 g/mol. The molecule has 2 aromatic rings. The van der Waals surface area contributed by atoms with Crippen LogP contribution < -0.4 is 5.32 Å². The van der Waals surface area contributed by atoms with Gasteiger partial charge in [0, 0.05) is 14.6 Å². The van der Waals surface area contributed by atoms with Gasteiger partial charge in [0.1, 0.15) is 0 Å². The van der Waals surface area contributed by atoms with Crippen LogP contribution in [0.3, 0.4) is 0 Å². The van der Waals surface area contributed by atoms with Gasteiger partial charge in [-0.05, 0) is 77.4 Å². The second-order valence-corrected chi connectivity index (χ2v) is 6.61. The molecule has 106 valence electrons. The van der Waals surface area contributed by atoms with Gasteiger partial charge in [-0.3, -0.25) is 0 Å². The van der Waals surface area contributed by atoms with E-state index in [9.17, 15) is 0 Å². The van der Waals surface area contributed by atoms with E-state index >= 15 is 0 Å². The normalized spacial score (nSPS) is 12.4. The summed E-state index contributed by atoms with van der Waals surface area (Å²) < 4.78 is 1.26. The van der Waals surface area contributed by atoms with Crippen molar-refractivity contribution in [2.75, 3.05) is 6.54 Å². The topological polar surface area (TPSA) is 12.0 Å². The summed E-state index contributed by atoms with van der Waals surface area (Å²) in [7, 11) is 0. The molecule has 3 heteroatoms. The Kier molecular flexibility index (Phi) is 5.87. The molecular formula is C17H19ClIN. The van der Waals surface area contributed by atoms with E-state index in [1.165, 1.54) is 20.3 Å². The van der Waals surface area contributed by atoms with Crippen molar-refractivity contribution in [1.29, 1.82) is 0 Å². The molecule has 2 aromatic carbocycles. The largest absolute Gasteiger partial charge is 0.310 e. The Morgan fingerprint density at radius 2 is 1.85 bits per heavy atom. The standard InChI is InChI=1S/C17H19ClIN/c1-3-20-17(13-6-8-15(19)9-7-13)11-14-5-4-12(2)10-16(14)18/h4-10,17,20H,3,11H2,1-2H3. The number of nitrogens with one attached hydrogen (secondary N) is 1. The summed E-state index contributed by atoms with van der Waals surface area (Å²) in [6, 6.07) is 15.3. The summed E-state index contributed by atoms with van der Waals surface area (Å²) in [5.74, 6) is 0. The first-order valence-corrected chi connectivity index (χ1v) is 8.29. The molecule has 0 fully saturated rings. The molecule has 0 bridgehead atoms. The van der Waals surface area contributed by atoms with Crippen LogP contribution in [0.4, 0.5) is 0 Å². The number of rotatable bonds is 5. The van der Waals surface area contributed by atoms with Crippen LogP contribution in [-0.4, -0.2) is 6.54 Å². The van der Waals surface area contributed by atoms with E-state index in [4.69, 9.17) is 11.6 Å². The van der Waals surface area contributed by atoms with Crippen molar-refractivity contribution in [2.45, 2.75) is 26.3 Å². The predicted octanol–water partition coefficient (Wildman–Crippen LogP) is 5.15. The van der Waals surface area contributed by atoms with Crippen molar-refractivity contribution >= 4 is 34.2 Å². The first-order valence-electron chi connectivity index (χ1n) is 6.84. The van der Waals surface area contributed by atoms with Crippen LogP contribution in [0.15, 0.2) is 42.5 Å². The van der Waals surface area contributed by atoms with Crippen molar-refractivity contribution < 1.29 is 0 Å². The molecule has 2 rings (SSSR count). The molecule has 0 aliphatic carbocycles. The van der Waals surface area contributed by atoms with Gasteiger partial charge in [0.25, 0.3) is 0 Å². The van der Waals surface area contributed by atoms with Crippen molar-refractivity contribution in [3.8, 4) is 0 Å². The fourth-order valence-electron chi connectivity index (χ4n) is 2.29. The maximum Gasteiger partial charge on any atom is 0.0441 e. The SMILES string of the molecule is CCNC(Cc1ccc(C)cc1Cl)c1ccc(I)cc1. The highest BCUT2D eigenvalue weighted by Gasteiger charge is 2.13. The Morgan fingerprint density at radius 3 is 2.45 bits per heavy atom. The molecule has 1 nitrogen and oxygen atoms in total. The molecule has 0 aliphatic heterocycles. The highest BCUT2D eigenvalue weighted by molar-refractivity contribution is 14.1. The number of halogens is 2. The summed E-state index contributed by atoms with van der Waals surface area (Å²) in [6.45, 7) is 5.15. The highest BCUT2D eigenvalue weighted by atomic mass is 127. The van der Waals surface area contributed by atoms with Crippen LogP contribution in [-0.2, 0) is 6.42 Å². The lowest BCUT2D eigenvalue weighted by atomic mass is 9.98. The lowest BCUT2D eigenvalue weighted by Gasteiger charge is -2.19. The van der Waals surface area contributed by atoms with Gasteiger partial charge in [0.2, 0.25) is 0 Å². The second-order valence-electron chi connectivity index (χ2n) is 4.96. The number of benzene rings is 2. The Hall–Kier alpha value is -0.580. The van der Waals surface area contributed by atoms with Crippen molar-refractivity contribution in [3.63, 3.8) is 0 Å². The Balaban J connectivity index is 2.22. The molecule has 1 atom stereocenters. The summed E-state index contributed by atoms with van der Waals surface area (Å²) >= 11 is 8.69. The third-order valence-corrected chi connectivity index (χ3v) is 4.43. The number of aryl methyl sites for hydroxylation is 1. The van der Waals surface area contributed by atoms with Crippen molar-refractivity contribution in [2.24, 2.45) is 0 Å². The van der Waals surface area contributed by atoms with Crippen LogP contribution in [0.2, 0.25) is 5.02 Å². The Bertz CT molecular complexity index is 566. The zero-order valence-electron chi connectivity index (χ0n) is 11.8. The minimum atomic E-state index is 0.303. The van der Waals surface area contributed by atoms with Crippen LogP contribution in [0, 0.1) is 10.5 Å². The van der Waals surface area contributed by atoms with E-state index in [-0.39, 0.29) is 0 Å². The Labute approximate surface area is 139 Å². The lowest BCUT2D eigenvalue weighted by Crippen LogP contribution is -2.23. The molecule has 0 radical (unpaired) electrons. The van der Waals surface area contributed by atoms with Gasteiger partial charge in [-0.1, -0.05) is 42.8 Å². The van der Waals surface area contributed by atoms with Gasteiger partial charge in [0.05, 0.1) is 0 Å². The summed E-state index contributed by atoms with van der Waals surface area (Å²) in [5.41, 5.74) is 3.71. The van der Waals surface area contributed by atoms with Crippen LogP contribution in [0.5, 0.6) is 0 Å². The van der Waals surface area contributed by atoms with E-state index in [0.717, 1.165) is 18.0 Å². The second kappa shape index (κ2) is 7.43. The predicted molar refractivity (Wildman–Crippen MR) is 95.5 cm³/mol. The average molecular weight is 400 g/mol. The van der Waals surface area contributed by atoms with Crippen LogP contribution >= 0.6 is 34.2 Å². The van der Waals surface area contributed by atoms with Crippen LogP contribution in [0.25, 0.3) is 0 Å². The maximum atomic E-state index is 6.36. The van der Waals surface area contributed by atoms with Gasteiger partial charge in [-0.15, -0.1) is 0 Å². The molecule has 0 amide bonds. The van der Waals surface area contributed by atoms with E-state index in [1.54, 1.807) is 0 Å². The molecule has 0 aromatic heterocycles. The first-order chi connectivity index (χ1) is 9.60. The molecule has 0 aliphatic rings. The summed E-state index contributed by atoms with van der Waals surface area (Å²) in [4.78, 5) is 0. The van der Waals surface area contributed by atoms with Gasteiger partial charge in [-0.2, -0.15) is 0 Å². The van der Waals surface area contributed by atoms with Gasteiger partial charge in [0.15, 0.2) is 0 Å². The maximum absolute atomic E-state index is 6.36. The molecule has 0 heterocycles. The van der Waals surface area contributed by atoms with E-state index in [0.29, 0.717) is 6.04 Å². The first kappa shape index (κ1) is 15.8. The minimum Gasteiger partial charge on any atom is -0.310 e. The zero-order valence-corrected chi connectivity index (χ0v) is 14.7. The quantitative estimate of drug-likeness (QED) is 0.686. The molecule has 0 saturated heterocycles.